The first kappa shape index (κ1) is 19.7. The number of hydrogen-bond acceptors (Lipinski definition) is 1. The number of aromatic nitrogens is 1. The van der Waals surface area contributed by atoms with Crippen LogP contribution in [0.25, 0.3) is 0 Å². The molecule has 1 unspecified atom stereocenters. The van der Waals surface area contributed by atoms with E-state index >= 15 is 0 Å². The monoisotopic (exact) mass is 375 g/mol. The van der Waals surface area contributed by atoms with Gasteiger partial charge in [-0.05, 0) is 36.6 Å². The number of carbonyl (C=O) groups excluding carboxylic acids is 1. The van der Waals surface area contributed by atoms with Crippen LogP contribution < -0.4 is 5.32 Å². The zero-order valence-corrected chi connectivity index (χ0v) is 16.7. The Bertz CT molecular complexity index is 858. The summed E-state index contributed by atoms with van der Waals surface area (Å²) in [6, 6.07) is 24.7. The molecule has 4 nitrogen and oxygen atoms in total. The van der Waals surface area contributed by atoms with E-state index in [1.54, 1.807) is 0 Å². The van der Waals surface area contributed by atoms with Crippen molar-refractivity contribution in [2.75, 3.05) is 0 Å². The summed E-state index contributed by atoms with van der Waals surface area (Å²) in [6.07, 6.45) is 3.00. The van der Waals surface area contributed by atoms with Crippen molar-refractivity contribution in [2.24, 2.45) is 0 Å². The number of amides is 2. The van der Waals surface area contributed by atoms with Crippen molar-refractivity contribution in [3.8, 4) is 0 Å². The van der Waals surface area contributed by atoms with E-state index in [0.29, 0.717) is 13.1 Å². The molecule has 28 heavy (non-hydrogen) atoms. The van der Waals surface area contributed by atoms with Gasteiger partial charge in [0.15, 0.2) is 0 Å². The predicted octanol–water partition coefficient (Wildman–Crippen LogP) is 5.05. The Morgan fingerprint density at radius 1 is 0.964 bits per heavy atom. The fourth-order valence-electron chi connectivity index (χ4n) is 3.23. The topological polar surface area (TPSA) is 37.3 Å². The van der Waals surface area contributed by atoms with Gasteiger partial charge in [-0.3, -0.25) is 0 Å². The summed E-state index contributed by atoms with van der Waals surface area (Å²) in [5.74, 6) is 0. The molecule has 2 amide bonds. The van der Waals surface area contributed by atoms with Gasteiger partial charge in [0.25, 0.3) is 0 Å². The molecule has 0 spiro atoms. The van der Waals surface area contributed by atoms with Crippen molar-refractivity contribution in [3.05, 3.63) is 95.8 Å². The summed E-state index contributed by atoms with van der Waals surface area (Å²) in [5, 5.41) is 3.07. The lowest BCUT2D eigenvalue weighted by Crippen LogP contribution is -2.44. The van der Waals surface area contributed by atoms with Crippen molar-refractivity contribution in [3.63, 3.8) is 0 Å². The van der Waals surface area contributed by atoms with Gasteiger partial charge in [0.2, 0.25) is 0 Å². The smallest absolute Gasteiger partial charge is 0.318 e. The Hall–Kier alpha value is -3.01. The van der Waals surface area contributed by atoms with Gasteiger partial charge < -0.3 is 14.8 Å². The molecule has 0 aliphatic rings. The minimum Gasteiger partial charge on any atom is -0.345 e. The lowest BCUT2D eigenvalue weighted by molar-refractivity contribution is 0.171. The second-order valence-corrected chi connectivity index (χ2v) is 7.14. The highest BCUT2D eigenvalue weighted by Gasteiger charge is 2.20. The molecule has 2 aromatic carbocycles. The van der Waals surface area contributed by atoms with Gasteiger partial charge >= 0.3 is 6.03 Å². The van der Waals surface area contributed by atoms with E-state index in [4.69, 9.17) is 0 Å². The van der Waals surface area contributed by atoms with Crippen LogP contribution >= 0.6 is 0 Å². The Kier molecular flexibility index (Phi) is 6.90. The largest absolute Gasteiger partial charge is 0.345 e. The fraction of sp³-hybridized carbons (Fsp3) is 0.292. The number of benzene rings is 2. The van der Waals surface area contributed by atoms with Crippen molar-refractivity contribution in [1.82, 2.24) is 14.8 Å². The summed E-state index contributed by atoms with van der Waals surface area (Å²) in [4.78, 5) is 14.8. The molecule has 0 aliphatic carbocycles. The lowest BCUT2D eigenvalue weighted by atomic mass is 10.2. The Labute approximate surface area is 167 Å². The lowest BCUT2D eigenvalue weighted by Gasteiger charge is -2.29. The van der Waals surface area contributed by atoms with E-state index in [0.717, 1.165) is 24.2 Å². The SMILES string of the molecule is CCC(C)N(Cc1cccn1Cc1ccccc1)C(=O)NCc1ccccc1. The highest BCUT2D eigenvalue weighted by molar-refractivity contribution is 5.74. The first-order valence-corrected chi connectivity index (χ1v) is 9.93. The molecule has 3 rings (SSSR count). The van der Waals surface area contributed by atoms with Crippen LogP contribution in [0.5, 0.6) is 0 Å². The van der Waals surface area contributed by atoms with Crippen molar-refractivity contribution >= 4 is 6.03 Å². The number of nitrogens with one attached hydrogen (secondary N) is 1. The van der Waals surface area contributed by atoms with E-state index in [2.05, 4.69) is 66.3 Å². The van der Waals surface area contributed by atoms with E-state index < -0.39 is 0 Å². The molecule has 1 atom stereocenters. The van der Waals surface area contributed by atoms with Gasteiger partial charge in [-0.1, -0.05) is 67.6 Å². The molecule has 146 valence electrons. The number of rotatable bonds is 8. The third-order valence-electron chi connectivity index (χ3n) is 5.12. The highest BCUT2D eigenvalue weighted by atomic mass is 16.2. The predicted molar refractivity (Wildman–Crippen MR) is 114 cm³/mol. The average Bonchev–Trinajstić information content (AvgIpc) is 3.17. The van der Waals surface area contributed by atoms with Crippen LogP contribution in [-0.4, -0.2) is 21.5 Å². The molecule has 4 heteroatoms. The maximum atomic E-state index is 12.9. The zero-order chi connectivity index (χ0) is 19.8. The number of nitrogens with zero attached hydrogens (tertiary/aromatic N) is 2. The van der Waals surface area contributed by atoms with Gasteiger partial charge in [0.05, 0.1) is 6.54 Å². The summed E-state index contributed by atoms with van der Waals surface area (Å²) < 4.78 is 2.22. The van der Waals surface area contributed by atoms with Gasteiger partial charge in [-0.15, -0.1) is 0 Å². The first-order valence-electron chi connectivity index (χ1n) is 9.93. The quantitative estimate of drug-likeness (QED) is 0.588. The molecule has 0 saturated heterocycles. The molecule has 1 heterocycles. The van der Waals surface area contributed by atoms with Crippen LogP contribution in [0, 0.1) is 0 Å². The van der Waals surface area contributed by atoms with E-state index in [1.807, 2.05) is 41.3 Å². The van der Waals surface area contributed by atoms with Crippen molar-refractivity contribution in [2.45, 2.75) is 45.9 Å². The third kappa shape index (κ3) is 5.26. The van der Waals surface area contributed by atoms with E-state index in [-0.39, 0.29) is 12.1 Å². The third-order valence-corrected chi connectivity index (χ3v) is 5.12. The molecule has 0 radical (unpaired) electrons. The molecule has 3 aromatic rings. The Morgan fingerprint density at radius 2 is 1.61 bits per heavy atom. The van der Waals surface area contributed by atoms with E-state index in [1.165, 1.54) is 5.56 Å². The minimum atomic E-state index is -0.0225. The van der Waals surface area contributed by atoms with Crippen LogP contribution in [0.3, 0.4) is 0 Å². The summed E-state index contributed by atoms with van der Waals surface area (Å²) in [5.41, 5.74) is 3.50. The van der Waals surface area contributed by atoms with Gasteiger partial charge in [-0.25, -0.2) is 4.79 Å². The van der Waals surface area contributed by atoms with Gasteiger partial charge in [0, 0.05) is 31.0 Å². The number of urea groups is 1. The van der Waals surface area contributed by atoms with Crippen molar-refractivity contribution in [1.29, 1.82) is 0 Å². The standard InChI is InChI=1S/C24H29N3O/c1-3-20(2)27(24(28)25-17-21-11-6-4-7-12-21)19-23-15-10-16-26(23)18-22-13-8-5-9-14-22/h4-16,20H,3,17-19H2,1-2H3,(H,25,28). The molecule has 0 bridgehead atoms. The van der Waals surface area contributed by atoms with E-state index in [9.17, 15) is 4.79 Å². The molecule has 0 fully saturated rings. The average molecular weight is 376 g/mol. The van der Waals surface area contributed by atoms with Crippen LogP contribution in [0.1, 0.15) is 37.1 Å². The fourth-order valence-corrected chi connectivity index (χ4v) is 3.23. The highest BCUT2D eigenvalue weighted by Crippen LogP contribution is 2.14. The van der Waals surface area contributed by atoms with Crippen LogP contribution in [0.15, 0.2) is 79.0 Å². The number of carbonyl (C=O) groups is 1. The van der Waals surface area contributed by atoms with Crippen LogP contribution in [0.4, 0.5) is 4.79 Å². The summed E-state index contributed by atoms with van der Waals surface area (Å²) in [7, 11) is 0. The summed E-state index contributed by atoms with van der Waals surface area (Å²) >= 11 is 0. The molecular weight excluding hydrogens is 346 g/mol. The molecule has 1 N–H and O–H groups in total. The minimum absolute atomic E-state index is 0.0225. The normalized spacial score (nSPS) is 11.8. The Balaban J connectivity index is 1.69. The van der Waals surface area contributed by atoms with Gasteiger partial charge in [-0.2, -0.15) is 0 Å². The molecular formula is C24H29N3O. The summed E-state index contributed by atoms with van der Waals surface area (Å²) in [6.45, 7) is 6.16. The van der Waals surface area contributed by atoms with Crippen LogP contribution in [0.2, 0.25) is 0 Å². The van der Waals surface area contributed by atoms with Crippen LogP contribution in [-0.2, 0) is 19.6 Å². The van der Waals surface area contributed by atoms with Crippen molar-refractivity contribution < 1.29 is 4.79 Å². The second kappa shape index (κ2) is 9.79. The number of hydrogen-bond donors (Lipinski definition) is 1. The molecule has 1 aromatic heterocycles. The first-order chi connectivity index (χ1) is 13.7. The van der Waals surface area contributed by atoms with Gasteiger partial charge in [0.1, 0.15) is 0 Å². The molecule has 0 aliphatic heterocycles. The zero-order valence-electron chi connectivity index (χ0n) is 16.7. The Morgan fingerprint density at radius 3 is 2.25 bits per heavy atom. The maximum absolute atomic E-state index is 12.9. The molecule has 0 saturated carbocycles. The maximum Gasteiger partial charge on any atom is 0.318 e. The second-order valence-electron chi connectivity index (χ2n) is 7.14.